The number of pyridine rings is 2. The van der Waals surface area contributed by atoms with Gasteiger partial charge in [0.1, 0.15) is 5.56 Å². The molecule has 0 aliphatic rings. The number of carbonyl (C=O) groups is 1. The third kappa shape index (κ3) is 1.92. The summed E-state index contributed by atoms with van der Waals surface area (Å²) in [5.74, 6) is -0.476. The Morgan fingerprint density at radius 1 is 1.30 bits per heavy atom. The molecular formula is C12H10N6O2. The minimum absolute atomic E-state index is 0.0215. The van der Waals surface area contributed by atoms with E-state index in [1.807, 2.05) is 6.07 Å². The van der Waals surface area contributed by atoms with Crippen molar-refractivity contribution < 1.29 is 4.79 Å². The van der Waals surface area contributed by atoms with Crippen molar-refractivity contribution in [3.8, 4) is 0 Å². The number of nitrogens with zero attached hydrogens (tertiary/aromatic N) is 4. The highest BCUT2D eigenvalue weighted by Gasteiger charge is 2.14. The fraction of sp³-hybridized carbons (Fsp3) is 0.0833. The number of aryl methyl sites for hydroxylation is 1. The monoisotopic (exact) mass is 270 g/mol. The zero-order chi connectivity index (χ0) is 14.1. The first kappa shape index (κ1) is 12.0. The van der Waals surface area contributed by atoms with Crippen molar-refractivity contribution in [3.63, 3.8) is 0 Å². The van der Waals surface area contributed by atoms with Gasteiger partial charge in [-0.2, -0.15) is 0 Å². The summed E-state index contributed by atoms with van der Waals surface area (Å²) in [6.45, 7) is 1.80. The Kier molecular flexibility index (Phi) is 2.75. The molecule has 3 aromatic heterocycles. The molecule has 0 aromatic carbocycles. The minimum Gasteiger partial charge on any atom is -0.289 e. The Morgan fingerprint density at radius 3 is 2.90 bits per heavy atom. The fourth-order valence-electron chi connectivity index (χ4n) is 1.97. The highest BCUT2D eigenvalue weighted by molar-refractivity contribution is 6.03. The maximum atomic E-state index is 12.4. The van der Waals surface area contributed by atoms with Crippen LogP contribution in [0.3, 0.4) is 0 Å². The Hall–Kier alpha value is -3.03. The van der Waals surface area contributed by atoms with E-state index in [0.29, 0.717) is 0 Å². The molecule has 1 amide bonds. The highest BCUT2D eigenvalue weighted by Crippen LogP contribution is 2.06. The summed E-state index contributed by atoms with van der Waals surface area (Å²) >= 11 is 0. The molecule has 3 rings (SSSR count). The molecule has 0 atom stereocenters. The minimum atomic E-state index is -0.564. The second kappa shape index (κ2) is 4.57. The second-order valence-corrected chi connectivity index (χ2v) is 4.18. The molecule has 100 valence electrons. The lowest BCUT2D eigenvalue weighted by molar-refractivity contribution is 0.102. The zero-order valence-corrected chi connectivity index (χ0v) is 10.5. The molecule has 20 heavy (non-hydrogen) atoms. The summed E-state index contributed by atoms with van der Waals surface area (Å²) in [5, 5.41) is 15.0. The SMILES string of the molecule is Cc1cccc2ccc(C(=O)Nc3nnn[nH]3)c(=O)n12. The van der Waals surface area contributed by atoms with Crippen molar-refractivity contribution in [2.24, 2.45) is 0 Å². The first-order chi connectivity index (χ1) is 9.66. The molecule has 0 spiro atoms. The van der Waals surface area contributed by atoms with Crippen molar-refractivity contribution in [1.29, 1.82) is 0 Å². The van der Waals surface area contributed by atoms with E-state index in [0.717, 1.165) is 11.2 Å². The van der Waals surface area contributed by atoms with Crippen molar-refractivity contribution in [3.05, 3.63) is 51.9 Å². The van der Waals surface area contributed by atoms with Gasteiger partial charge in [0.15, 0.2) is 0 Å². The van der Waals surface area contributed by atoms with Crippen molar-refractivity contribution in [2.45, 2.75) is 6.92 Å². The number of H-pyrrole nitrogens is 1. The quantitative estimate of drug-likeness (QED) is 0.700. The summed E-state index contributed by atoms with van der Waals surface area (Å²) in [7, 11) is 0. The standard InChI is InChI=1S/C12H10N6O2/c1-7-3-2-4-8-5-6-9(11(20)18(7)8)10(19)13-12-14-16-17-15-12/h2-6H,1H3,(H2,13,14,15,16,17,19). The average molecular weight is 270 g/mol. The first-order valence-electron chi connectivity index (χ1n) is 5.83. The van der Waals surface area contributed by atoms with Crippen LogP contribution in [-0.4, -0.2) is 30.9 Å². The topological polar surface area (TPSA) is 105 Å². The van der Waals surface area contributed by atoms with E-state index in [-0.39, 0.29) is 17.1 Å². The number of hydrogen-bond donors (Lipinski definition) is 2. The molecule has 0 saturated carbocycles. The summed E-state index contributed by atoms with van der Waals surface area (Å²) in [6, 6.07) is 8.65. The molecule has 0 radical (unpaired) electrons. The van der Waals surface area contributed by atoms with Gasteiger partial charge in [-0.3, -0.25) is 19.3 Å². The van der Waals surface area contributed by atoms with Crippen LogP contribution in [0.15, 0.2) is 35.1 Å². The molecule has 3 aromatic rings. The largest absolute Gasteiger partial charge is 0.289 e. The van der Waals surface area contributed by atoms with E-state index in [4.69, 9.17) is 0 Å². The number of carbonyl (C=O) groups excluding carboxylic acids is 1. The van der Waals surface area contributed by atoms with Gasteiger partial charge in [0.25, 0.3) is 11.5 Å². The molecule has 0 aliphatic carbocycles. The molecule has 3 heterocycles. The van der Waals surface area contributed by atoms with E-state index in [1.165, 1.54) is 10.5 Å². The predicted octanol–water partition coefficient (Wildman–Crippen LogP) is 0.373. The predicted molar refractivity (Wildman–Crippen MR) is 70.5 cm³/mol. The van der Waals surface area contributed by atoms with Gasteiger partial charge < -0.3 is 0 Å². The maximum absolute atomic E-state index is 12.4. The smallest absolute Gasteiger partial charge is 0.268 e. The zero-order valence-electron chi connectivity index (χ0n) is 10.5. The third-order valence-corrected chi connectivity index (χ3v) is 2.89. The number of hydrogen-bond acceptors (Lipinski definition) is 5. The van der Waals surface area contributed by atoms with Gasteiger partial charge in [0.2, 0.25) is 5.95 Å². The molecule has 8 heteroatoms. The number of tetrazole rings is 1. The normalized spacial score (nSPS) is 10.7. The van der Waals surface area contributed by atoms with Crippen molar-refractivity contribution >= 4 is 17.4 Å². The fourth-order valence-corrected chi connectivity index (χ4v) is 1.97. The number of nitrogens with one attached hydrogen (secondary N) is 2. The van der Waals surface area contributed by atoms with E-state index in [9.17, 15) is 9.59 Å². The van der Waals surface area contributed by atoms with Gasteiger partial charge in [-0.05, 0) is 41.6 Å². The van der Waals surface area contributed by atoms with Crippen LogP contribution in [0.4, 0.5) is 5.95 Å². The van der Waals surface area contributed by atoms with Crippen LogP contribution in [0, 0.1) is 6.92 Å². The third-order valence-electron chi connectivity index (χ3n) is 2.89. The Bertz CT molecular complexity index is 837. The molecule has 0 fully saturated rings. The summed E-state index contributed by atoms with van der Waals surface area (Å²) in [5.41, 5.74) is 1.12. The average Bonchev–Trinajstić information content (AvgIpc) is 2.91. The number of aromatic nitrogens is 5. The molecule has 0 unspecified atom stereocenters. The molecule has 0 saturated heterocycles. The van der Waals surface area contributed by atoms with Crippen molar-refractivity contribution in [1.82, 2.24) is 25.0 Å². The van der Waals surface area contributed by atoms with Gasteiger partial charge in [0.05, 0.1) is 0 Å². The van der Waals surface area contributed by atoms with Gasteiger partial charge in [-0.15, -0.1) is 0 Å². The Balaban J connectivity index is 2.08. The lowest BCUT2D eigenvalue weighted by Crippen LogP contribution is -2.27. The summed E-state index contributed by atoms with van der Waals surface area (Å²) in [6.07, 6.45) is 0. The van der Waals surface area contributed by atoms with Crippen LogP contribution in [-0.2, 0) is 0 Å². The van der Waals surface area contributed by atoms with Crippen LogP contribution in [0.5, 0.6) is 0 Å². The lowest BCUT2D eigenvalue weighted by Gasteiger charge is -2.07. The number of rotatable bonds is 2. The van der Waals surface area contributed by atoms with Crippen LogP contribution in [0.1, 0.15) is 16.1 Å². The second-order valence-electron chi connectivity index (χ2n) is 4.18. The van der Waals surface area contributed by atoms with Crippen LogP contribution in [0.2, 0.25) is 0 Å². The molecule has 2 N–H and O–H groups in total. The Labute approximate surface area is 112 Å². The highest BCUT2D eigenvalue weighted by atomic mass is 16.2. The number of fused-ring (bicyclic) bond motifs is 1. The van der Waals surface area contributed by atoms with Gasteiger partial charge >= 0.3 is 0 Å². The van der Waals surface area contributed by atoms with Gasteiger partial charge in [0, 0.05) is 11.2 Å². The van der Waals surface area contributed by atoms with Gasteiger partial charge in [-0.1, -0.05) is 11.2 Å². The summed E-state index contributed by atoms with van der Waals surface area (Å²) < 4.78 is 1.48. The molecule has 0 bridgehead atoms. The van der Waals surface area contributed by atoms with Gasteiger partial charge in [-0.25, -0.2) is 5.10 Å². The van der Waals surface area contributed by atoms with E-state index >= 15 is 0 Å². The molecular weight excluding hydrogens is 260 g/mol. The maximum Gasteiger partial charge on any atom is 0.268 e. The Morgan fingerprint density at radius 2 is 2.15 bits per heavy atom. The molecule has 8 nitrogen and oxygen atoms in total. The first-order valence-corrected chi connectivity index (χ1v) is 5.83. The van der Waals surface area contributed by atoms with Crippen molar-refractivity contribution in [2.75, 3.05) is 5.32 Å². The van der Waals surface area contributed by atoms with E-state index in [2.05, 4.69) is 25.9 Å². The lowest BCUT2D eigenvalue weighted by atomic mass is 10.2. The number of amides is 1. The van der Waals surface area contributed by atoms with E-state index < -0.39 is 5.91 Å². The molecule has 0 aliphatic heterocycles. The number of anilines is 1. The van der Waals surface area contributed by atoms with Crippen LogP contribution in [0.25, 0.3) is 5.52 Å². The van der Waals surface area contributed by atoms with Crippen LogP contribution >= 0.6 is 0 Å². The van der Waals surface area contributed by atoms with E-state index in [1.54, 1.807) is 25.1 Å². The summed E-state index contributed by atoms with van der Waals surface area (Å²) in [4.78, 5) is 24.4. The van der Waals surface area contributed by atoms with Crippen LogP contribution < -0.4 is 10.9 Å². The number of aromatic amines is 1.